The summed E-state index contributed by atoms with van der Waals surface area (Å²) in [5.41, 5.74) is 1.69. The summed E-state index contributed by atoms with van der Waals surface area (Å²) in [6, 6.07) is 10.8. The number of guanidine groups is 1. The Morgan fingerprint density at radius 3 is 2.48 bits per heavy atom. The molecular formula is C18H30IN3O. The lowest BCUT2D eigenvalue weighted by atomic mass is 9.96. The van der Waals surface area contributed by atoms with Crippen LogP contribution in [0.5, 0.6) is 0 Å². The van der Waals surface area contributed by atoms with Gasteiger partial charge in [-0.1, -0.05) is 43.7 Å². The van der Waals surface area contributed by atoms with E-state index in [9.17, 15) is 0 Å². The maximum absolute atomic E-state index is 5.10. The van der Waals surface area contributed by atoms with Gasteiger partial charge in [0.25, 0.3) is 0 Å². The van der Waals surface area contributed by atoms with E-state index in [4.69, 9.17) is 9.73 Å². The Hall–Kier alpha value is -0.820. The van der Waals surface area contributed by atoms with E-state index >= 15 is 0 Å². The van der Waals surface area contributed by atoms with Crippen LogP contribution in [0.1, 0.15) is 38.2 Å². The molecule has 0 spiro atoms. The Morgan fingerprint density at radius 2 is 1.87 bits per heavy atom. The normalized spacial score (nSPS) is 15.7. The van der Waals surface area contributed by atoms with Gasteiger partial charge in [-0.05, 0) is 24.8 Å². The number of methoxy groups -OCH3 is 1. The lowest BCUT2D eigenvalue weighted by Crippen LogP contribution is -2.40. The molecule has 1 aliphatic rings. The standard InChI is InChI=1S/C18H29N3O.HI/c1-3-4-12-19-17(20-13-14-22-2)21-15-18(10-11-18)16-8-6-5-7-9-16;/h5-9H,3-4,10-15H2,1-2H3,(H2,19,20,21);1H. The molecule has 0 atom stereocenters. The number of hydrogen-bond acceptors (Lipinski definition) is 2. The van der Waals surface area contributed by atoms with E-state index in [0.29, 0.717) is 6.61 Å². The van der Waals surface area contributed by atoms with Gasteiger partial charge in [-0.15, -0.1) is 24.0 Å². The summed E-state index contributed by atoms with van der Waals surface area (Å²) in [4.78, 5) is 4.82. The Kier molecular flexibility index (Phi) is 9.55. The molecule has 0 saturated heterocycles. The Balaban J connectivity index is 0.00000264. The first-order valence-corrected chi connectivity index (χ1v) is 8.37. The second-order valence-electron chi connectivity index (χ2n) is 6.01. The molecule has 0 bridgehead atoms. The molecule has 0 unspecified atom stereocenters. The van der Waals surface area contributed by atoms with Crippen LogP contribution in [0.15, 0.2) is 35.3 Å². The van der Waals surface area contributed by atoms with Crippen molar-refractivity contribution < 1.29 is 4.74 Å². The van der Waals surface area contributed by atoms with Gasteiger partial charge in [0.05, 0.1) is 13.2 Å². The van der Waals surface area contributed by atoms with Gasteiger partial charge in [0.1, 0.15) is 0 Å². The number of benzene rings is 1. The monoisotopic (exact) mass is 431 g/mol. The number of rotatable bonds is 9. The molecule has 0 heterocycles. The molecule has 0 amide bonds. The van der Waals surface area contributed by atoms with E-state index in [-0.39, 0.29) is 29.4 Å². The van der Waals surface area contributed by atoms with Crippen molar-refractivity contribution in [2.45, 2.75) is 38.0 Å². The summed E-state index contributed by atoms with van der Waals surface area (Å²) in [5, 5.41) is 6.76. The van der Waals surface area contributed by atoms with Crippen LogP contribution >= 0.6 is 24.0 Å². The largest absolute Gasteiger partial charge is 0.383 e. The molecule has 130 valence electrons. The molecule has 0 aromatic heterocycles. The maximum Gasteiger partial charge on any atom is 0.191 e. The van der Waals surface area contributed by atoms with Crippen molar-refractivity contribution in [3.63, 3.8) is 0 Å². The molecule has 1 saturated carbocycles. The third-order valence-electron chi connectivity index (χ3n) is 4.20. The number of aliphatic imine (C=N–C) groups is 1. The van der Waals surface area contributed by atoms with Gasteiger partial charge in [0, 0.05) is 25.6 Å². The van der Waals surface area contributed by atoms with E-state index in [1.807, 2.05) is 0 Å². The predicted molar refractivity (Wildman–Crippen MR) is 108 cm³/mol. The minimum atomic E-state index is 0. The average Bonchev–Trinajstić information content (AvgIpc) is 3.34. The first kappa shape index (κ1) is 20.2. The van der Waals surface area contributed by atoms with E-state index in [1.165, 1.54) is 24.8 Å². The third-order valence-corrected chi connectivity index (χ3v) is 4.20. The molecule has 1 aliphatic carbocycles. The van der Waals surface area contributed by atoms with Crippen LogP contribution < -0.4 is 10.6 Å². The molecule has 5 heteroatoms. The van der Waals surface area contributed by atoms with Crippen molar-refractivity contribution in [1.82, 2.24) is 10.6 Å². The molecule has 2 N–H and O–H groups in total. The van der Waals surface area contributed by atoms with E-state index in [1.54, 1.807) is 7.11 Å². The maximum atomic E-state index is 5.10. The SMILES string of the molecule is CCCCNC(=NCC1(c2ccccc2)CC1)NCCOC.I. The zero-order chi connectivity index (χ0) is 15.7. The fraction of sp³-hybridized carbons (Fsp3) is 0.611. The molecular weight excluding hydrogens is 401 g/mol. The van der Waals surface area contributed by atoms with Crippen LogP contribution in [0.4, 0.5) is 0 Å². The summed E-state index contributed by atoms with van der Waals surface area (Å²) < 4.78 is 5.10. The highest BCUT2D eigenvalue weighted by Crippen LogP contribution is 2.48. The topological polar surface area (TPSA) is 45.7 Å². The number of nitrogens with zero attached hydrogens (tertiary/aromatic N) is 1. The fourth-order valence-electron chi connectivity index (χ4n) is 2.54. The van der Waals surface area contributed by atoms with Gasteiger partial charge < -0.3 is 15.4 Å². The summed E-state index contributed by atoms with van der Waals surface area (Å²) in [6.45, 7) is 5.50. The van der Waals surface area contributed by atoms with Crippen molar-refractivity contribution in [3.05, 3.63) is 35.9 Å². The van der Waals surface area contributed by atoms with E-state index in [0.717, 1.165) is 32.0 Å². The molecule has 4 nitrogen and oxygen atoms in total. The molecule has 1 aromatic rings. The number of halogens is 1. The fourth-order valence-corrected chi connectivity index (χ4v) is 2.54. The lowest BCUT2D eigenvalue weighted by Gasteiger charge is -2.16. The summed E-state index contributed by atoms with van der Waals surface area (Å²) >= 11 is 0. The highest BCUT2D eigenvalue weighted by atomic mass is 127. The molecule has 23 heavy (non-hydrogen) atoms. The van der Waals surface area contributed by atoms with Gasteiger partial charge >= 0.3 is 0 Å². The van der Waals surface area contributed by atoms with Crippen molar-refractivity contribution in [2.24, 2.45) is 4.99 Å². The van der Waals surface area contributed by atoms with Crippen LogP contribution in [-0.4, -0.2) is 39.3 Å². The van der Waals surface area contributed by atoms with Gasteiger partial charge in [0.15, 0.2) is 5.96 Å². The predicted octanol–water partition coefficient (Wildman–Crippen LogP) is 3.32. The minimum Gasteiger partial charge on any atom is -0.383 e. The van der Waals surface area contributed by atoms with Crippen LogP contribution in [0, 0.1) is 0 Å². The molecule has 1 aromatic carbocycles. The molecule has 0 aliphatic heterocycles. The van der Waals surface area contributed by atoms with E-state index < -0.39 is 0 Å². The Morgan fingerprint density at radius 1 is 1.17 bits per heavy atom. The van der Waals surface area contributed by atoms with Gasteiger partial charge in [-0.2, -0.15) is 0 Å². The number of hydrogen-bond donors (Lipinski definition) is 2. The zero-order valence-corrected chi connectivity index (χ0v) is 16.6. The van der Waals surface area contributed by atoms with Crippen LogP contribution in [0.25, 0.3) is 0 Å². The summed E-state index contributed by atoms with van der Waals surface area (Å²) in [6.07, 6.45) is 4.82. The smallest absolute Gasteiger partial charge is 0.191 e. The Bertz CT molecular complexity index is 449. The number of nitrogens with one attached hydrogen (secondary N) is 2. The second kappa shape index (κ2) is 10.9. The summed E-state index contributed by atoms with van der Waals surface area (Å²) in [5.74, 6) is 0.910. The summed E-state index contributed by atoms with van der Waals surface area (Å²) in [7, 11) is 1.72. The first-order valence-electron chi connectivity index (χ1n) is 8.37. The molecule has 2 rings (SSSR count). The zero-order valence-electron chi connectivity index (χ0n) is 14.3. The minimum absolute atomic E-state index is 0. The second-order valence-corrected chi connectivity index (χ2v) is 6.01. The quantitative estimate of drug-likeness (QED) is 0.273. The number of unbranched alkanes of at least 4 members (excludes halogenated alkanes) is 1. The average molecular weight is 431 g/mol. The van der Waals surface area contributed by atoms with E-state index in [2.05, 4.69) is 47.9 Å². The first-order chi connectivity index (χ1) is 10.8. The van der Waals surface area contributed by atoms with Gasteiger partial charge in [-0.3, -0.25) is 4.99 Å². The van der Waals surface area contributed by atoms with Crippen LogP contribution in [-0.2, 0) is 10.2 Å². The van der Waals surface area contributed by atoms with Gasteiger partial charge in [-0.25, -0.2) is 0 Å². The van der Waals surface area contributed by atoms with Crippen molar-refractivity contribution >= 4 is 29.9 Å². The van der Waals surface area contributed by atoms with Crippen LogP contribution in [0.2, 0.25) is 0 Å². The van der Waals surface area contributed by atoms with Crippen molar-refractivity contribution in [2.75, 3.05) is 33.4 Å². The number of ether oxygens (including phenoxy) is 1. The molecule has 0 radical (unpaired) electrons. The molecule has 1 fully saturated rings. The lowest BCUT2D eigenvalue weighted by molar-refractivity contribution is 0.203. The highest BCUT2D eigenvalue weighted by molar-refractivity contribution is 14.0. The van der Waals surface area contributed by atoms with Crippen LogP contribution in [0.3, 0.4) is 0 Å². The van der Waals surface area contributed by atoms with Crippen molar-refractivity contribution in [3.8, 4) is 0 Å². The van der Waals surface area contributed by atoms with Crippen molar-refractivity contribution in [1.29, 1.82) is 0 Å². The Labute approximate surface area is 157 Å². The van der Waals surface area contributed by atoms with Gasteiger partial charge in [0.2, 0.25) is 0 Å². The highest BCUT2D eigenvalue weighted by Gasteiger charge is 2.43. The third kappa shape index (κ3) is 6.67.